The van der Waals surface area contributed by atoms with Gasteiger partial charge in [-0.05, 0) is 38.0 Å². The molecule has 1 saturated carbocycles. The molecule has 0 unspecified atom stereocenters. The number of rotatable bonds is 8. The predicted octanol–water partition coefficient (Wildman–Crippen LogP) is 3.23. The minimum Gasteiger partial charge on any atom is -0.493 e. The molecule has 1 heterocycles. The first-order valence-electron chi connectivity index (χ1n) is 9.50. The van der Waals surface area contributed by atoms with Crippen LogP contribution in [0.1, 0.15) is 43.6 Å². The monoisotopic (exact) mass is 386 g/mol. The number of aryl methyl sites for hydroxylation is 1. The minimum atomic E-state index is -0.210. The summed E-state index contributed by atoms with van der Waals surface area (Å²) in [5.74, 6) is 1.75. The molecule has 0 atom stereocenters. The van der Waals surface area contributed by atoms with Crippen molar-refractivity contribution in [3.05, 3.63) is 29.7 Å². The van der Waals surface area contributed by atoms with Crippen molar-refractivity contribution in [3.63, 3.8) is 0 Å². The van der Waals surface area contributed by atoms with E-state index in [2.05, 4.69) is 10.3 Å². The molecule has 1 aliphatic rings. The zero-order chi connectivity index (χ0) is 20.1. The number of carbonyl (C=O) groups excluding carboxylic acids is 2. The highest BCUT2D eigenvalue weighted by Crippen LogP contribution is 2.32. The standard InChI is InChI=1S/C21H26N2O5/c1-13-17(11-16(24)12-20(25)22-15-6-4-5-7-15)23-21(28-13)14-8-9-18(26-2)19(10-14)27-3/h8-10,15H,4-7,11-12H2,1-3H3,(H,22,25). The van der Waals surface area contributed by atoms with Gasteiger partial charge in [0.25, 0.3) is 0 Å². The van der Waals surface area contributed by atoms with Crippen molar-refractivity contribution in [1.82, 2.24) is 10.3 Å². The number of nitrogens with one attached hydrogen (secondary N) is 1. The van der Waals surface area contributed by atoms with Crippen molar-refractivity contribution < 1.29 is 23.5 Å². The highest BCUT2D eigenvalue weighted by Gasteiger charge is 2.21. The third-order valence-corrected chi connectivity index (χ3v) is 4.97. The lowest BCUT2D eigenvalue weighted by molar-refractivity contribution is -0.128. The van der Waals surface area contributed by atoms with E-state index in [0.717, 1.165) is 31.2 Å². The number of oxazole rings is 1. The highest BCUT2D eigenvalue weighted by atomic mass is 16.5. The van der Waals surface area contributed by atoms with E-state index in [1.807, 2.05) is 6.07 Å². The second-order valence-corrected chi connectivity index (χ2v) is 7.03. The third-order valence-electron chi connectivity index (χ3n) is 4.97. The number of hydrogen-bond acceptors (Lipinski definition) is 6. The Morgan fingerprint density at radius 1 is 1.18 bits per heavy atom. The molecule has 7 nitrogen and oxygen atoms in total. The van der Waals surface area contributed by atoms with E-state index < -0.39 is 0 Å². The quantitative estimate of drug-likeness (QED) is 0.701. The Morgan fingerprint density at radius 2 is 1.89 bits per heavy atom. The molecular formula is C21H26N2O5. The summed E-state index contributed by atoms with van der Waals surface area (Å²) in [6.45, 7) is 1.76. The van der Waals surface area contributed by atoms with Crippen LogP contribution in [0.4, 0.5) is 0 Å². The second-order valence-electron chi connectivity index (χ2n) is 7.03. The number of amides is 1. The van der Waals surface area contributed by atoms with E-state index in [0.29, 0.717) is 28.8 Å². The maximum atomic E-state index is 12.3. The first-order chi connectivity index (χ1) is 13.5. The SMILES string of the molecule is COc1ccc(-c2nc(CC(=O)CC(=O)NC3CCCC3)c(C)o2)cc1OC. The van der Waals surface area contributed by atoms with Crippen LogP contribution in [-0.2, 0) is 16.0 Å². The zero-order valence-electron chi connectivity index (χ0n) is 16.5. The fourth-order valence-corrected chi connectivity index (χ4v) is 3.46. The fourth-order valence-electron chi connectivity index (χ4n) is 3.46. The van der Waals surface area contributed by atoms with Crippen molar-refractivity contribution >= 4 is 11.7 Å². The molecule has 0 saturated heterocycles. The van der Waals surface area contributed by atoms with Gasteiger partial charge < -0.3 is 19.2 Å². The molecule has 0 aliphatic heterocycles. The Kier molecular flexibility index (Phi) is 6.34. The summed E-state index contributed by atoms with van der Waals surface area (Å²) < 4.78 is 16.3. The van der Waals surface area contributed by atoms with Gasteiger partial charge in [-0.25, -0.2) is 4.98 Å². The van der Waals surface area contributed by atoms with E-state index in [1.165, 1.54) is 0 Å². The summed E-state index contributed by atoms with van der Waals surface area (Å²) in [5, 5.41) is 2.94. The summed E-state index contributed by atoms with van der Waals surface area (Å²) in [4.78, 5) is 28.8. The average Bonchev–Trinajstić information content (AvgIpc) is 3.31. The van der Waals surface area contributed by atoms with Crippen LogP contribution in [0, 0.1) is 6.92 Å². The molecule has 1 amide bonds. The number of methoxy groups -OCH3 is 2. The number of hydrogen-bond donors (Lipinski definition) is 1. The largest absolute Gasteiger partial charge is 0.493 e. The van der Waals surface area contributed by atoms with Gasteiger partial charge in [0.2, 0.25) is 11.8 Å². The van der Waals surface area contributed by atoms with Crippen molar-refractivity contribution in [2.45, 2.75) is 51.5 Å². The molecule has 150 valence electrons. The zero-order valence-corrected chi connectivity index (χ0v) is 16.5. The normalized spacial score (nSPS) is 14.1. The van der Waals surface area contributed by atoms with Gasteiger partial charge in [0.15, 0.2) is 11.5 Å². The molecule has 1 aromatic carbocycles. The minimum absolute atomic E-state index is 0.0701. The number of aromatic nitrogens is 1. The van der Waals surface area contributed by atoms with Gasteiger partial charge in [-0.3, -0.25) is 9.59 Å². The smallest absolute Gasteiger partial charge is 0.227 e. The van der Waals surface area contributed by atoms with Gasteiger partial charge in [0.1, 0.15) is 11.5 Å². The third kappa shape index (κ3) is 4.71. The molecule has 3 rings (SSSR count). The number of ether oxygens (including phenoxy) is 2. The summed E-state index contributed by atoms with van der Waals surface area (Å²) in [6.07, 6.45) is 4.20. The van der Waals surface area contributed by atoms with Gasteiger partial charge in [0, 0.05) is 11.6 Å². The number of Topliss-reactive ketones (excluding diaryl/α,β-unsaturated/α-hetero) is 1. The number of nitrogens with zero attached hydrogens (tertiary/aromatic N) is 1. The Balaban J connectivity index is 1.65. The van der Waals surface area contributed by atoms with Crippen molar-refractivity contribution in [2.75, 3.05) is 14.2 Å². The van der Waals surface area contributed by atoms with Gasteiger partial charge in [-0.2, -0.15) is 0 Å². The summed E-state index contributed by atoms with van der Waals surface area (Å²) in [6, 6.07) is 5.56. The first kappa shape index (κ1) is 19.9. The molecule has 1 fully saturated rings. The molecule has 2 aromatic rings. The molecule has 0 bridgehead atoms. The van der Waals surface area contributed by atoms with Crippen molar-refractivity contribution in [1.29, 1.82) is 0 Å². The van der Waals surface area contributed by atoms with Crippen LogP contribution in [0.2, 0.25) is 0 Å². The lowest BCUT2D eigenvalue weighted by atomic mass is 10.1. The van der Waals surface area contributed by atoms with Gasteiger partial charge in [-0.15, -0.1) is 0 Å². The van der Waals surface area contributed by atoms with Crippen molar-refractivity contribution in [3.8, 4) is 23.0 Å². The highest BCUT2D eigenvalue weighted by molar-refractivity contribution is 5.98. The summed E-state index contributed by atoms with van der Waals surface area (Å²) in [5.41, 5.74) is 1.27. The lowest BCUT2D eigenvalue weighted by Gasteiger charge is -2.10. The van der Waals surface area contributed by atoms with E-state index in [1.54, 1.807) is 33.3 Å². The van der Waals surface area contributed by atoms with Crippen LogP contribution in [0.3, 0.4) is 0 Å². The van der Waals surface area contributed by atoms with Crippen LogP contribution in [-0.4, -0.2) is 36.9 Å². The molecule has 1 aliphatic carbocycles. The van der Waals surface area contributed by atoms with Crippen LogP contribution < -0.4 is 14.8 Å². The molecule has 0 spiro atoms. The molecule has 1 N–H and O–H groups in total. The van der Waals surface area contributed by atoms with E-state index in [4.69, 9.17) is 13.9 Å². The summed E-state index contributed by atoms with van der Waals surface area (Å²) >= 11 is 0. The summed E-state index contributed by atoms with van der Waals surface area (Å²) in [7, 11) is 3.13. The molecule has 0 radical (unpaired) electrons. The van der Waals surface area contributed by atoms with Gasteiger partial charge >= 0.3 is 0 Å². The Labute approximate surface area is 164 Å². The van der Waals surface area contributed by atoms with Crippen LogP contribution in [0.5, 0.6) is 11.5 Å². The lowest BCUT2D eigenvalue weighted by Crippen LogP contribution is -2.34. The van der Waals surface area contributed by atoms with E-state index >= 15 is 0 Å². The van der Waals surface area contributed by atoms with Crippen molar-refractivity contribution in [2.24, 2.45) is 0 Å². The van der Waals surface area contributed by atoms with E-state index in [-0.39, 0.29) is 30.6 Å². The first-order valence-corrected chi connectivity index (χ1v) is 9.50. The fraction of sp³-hybridized carbons (Fsp3) is 0.476. The maximum Gasteiger partial charge on any atom is 0.227 e. The molecule has 28 heavy (non-hydrogen) atoms. The van der Waals surface area contributed by atoms with Gasteiger partial charge in [0.05, 0.1) is 32.8 Å². The Bertz CT molecular complexity index is 852. The number of benzene rings is 1. The van der Waals surface area contributed by atoms with Crippen LogP contribution >= 0.6 is 0 Å². The Hall–Kier alpha value is -2.83. The van der Waals surface area contributed by atoms with Crippen LogP contribution in [0.25, 0.3) is 11.5 Å². The molecular weight excluding hydrogens is 360 g/mol. The topological polar surface area (TPSA) is 90.7 Å². The number of carbonyl (C=O) groups is 2. The molecule has 1 aromatic heterocycles. The van der Waals surface area contributed by atoms with Gasteiger partial charge in [-0.1, -0.05) is 12.8 Å². The second kappa shape index (κ2) is 8.91. The average molecular weight is 386 g/mol. The van der Waals surface area contributed by atoms with E-state index in [9.17, 15) is 9.59 Å². The number of ketones is 1. The Morgan fingerprint density at radius 3 is 2.57 bits per heavy atom. The van der Waals surface area contributed by atoms with Crippen LogP contribution in [0.15, 0.2) is 22.6 Å². The molecule has 7 heteroatoms. The maximum absolute atomic E-state index is 12.3. The predicted molar refractivity (Wildman–Crippen MR) is 104 cm³/mol.